The summed E-state index contributed by atoms with van der Waals surface area (Å²) in [5.41, 5.74) is 5.67. The van der Waals surface area contributed by atoms with Crippen LogP contribution in [0, 0.1) is 0 Å². The van der Waals surface area contributed by atoms with Crippen LogP contribution in [0.15, 0.2) is 0 Å². The van der Waals surface area contributed by atoms with Crippen molar-refractivity contribution in [3.63, 3.8) is 0 Å². The molecule has 0 saturated carbocycles. The van der Waals surface area contributed by atoms with Gasteiger partial charge < -0.3 is 15.5 Å². The van der Waals surface area contributed by atoms with E-state index in [4.69, 9.17) is 5.73 Å². The number of rotatable bonds is 3. The summed E-state index contributed by atoms with van der Waals surface area (Å²) in [5, 5.41) is 0. The lowest BCUT2D eigenvalue weighted by Crippen LogP contribution is -2.51. The predicted molar refractivity (Wildman–Crippen MR) is 68.1 cm³/mol. The second kappa shape index (κ2) is 5.56. The van der Waals surface area contributed by atoms with Gasteiger partial charge in [0.1, 0.15) is 13.1 Å². The summed E-state index contributed by atoms with van der Waals surface area (Å²) >= 11 is 0. The zero-order chi connectivity index (χ0) is 14.0. The molecule has 2 aliphatic heterocycles. The SMILES string of the molecule is CN1CC(=O)N(CC(=O)N2CCCC[C@@H]2CN)C1=O. The zero-order valence-corrected chi connectivity index (χ0v) is 11.2. The van der Waals surface area contributed by atoms with Gasteiger partial charge in [-0.25, -0.2) is 4.79 Å². The molecule has 2 N–H and O–H groups in total. The molecule has 2 saturated heterocycles. The van der Waals surface area contributed by atoms with Crippen molar-refractivity contribution in [3.05, 3.63) is 0 Å². The Morgan fingerprint density at radius 3 is 2.68 bits per heavy atom. The summed E-state index contributed by atoms with van der Waals surface area (Å²) in [4.78, 5) is 39.6. The van der Waals surface area contributed by atoms with Crippen molar-refractivity contribution in [2.24, 2.45) is 5.73 Å². The van der Waals surface area contributed by atoms with Crippen LogP contribution in [0.4, 0.5) is 4.79 Å². The topological polar surface area (TPSA) is 87.0 Å². The maximum Gasteiger partial charge on any atom is 0.327 e. The minimum Gasteiger partial charge on any atom is -0.337 e. The van der Waals surface area contributed by atoms with Crippen molar-refractivity contribution in [3.8, 4) is 0 Å². The molecule has 0 aromatic rings. The van der Waals surface area contributed by atoms with Crippen LogP contribution in [0.25, 0.3) is 0 Å². The third kappa shape index (κ3) is 2.70. The standard InChI is InChI=1S/C12H20N4O3/c1-14-7-10(17)16(12(14)19)8-11(18)15-5-3-2-4-9(15)6-13/h9H,2-8,13H2,1H3/t9-/m1/s1. The number of nitrogens with two attached hydrogens (primary N) is 1. The largest absolute Gasteiger partial charge is 0.337 e. The molecule has 2 fully saturated rings. The van der Waals surface area contributed by atoms with E-state index in [1.807, 2.05) is 0 Å². The van der Waals surface area contributed by atoms with E-state index in [0.29, 0.717) is 13.1 Å². The third-order valence-electron chi connectivity index (χ3n) is 3.74. The summed E-state index contributed by atoms with van der Waals surface area (Å²) in [7, 11) is 1.55. The summed E-state index contributed by atoms with van der Waals surface area (Å²) in [5.74, 6) is -0.505. The van der Waals surface area contributed by atoms with Gasteiger partial charge in [-0.1, -0.05) is 0 Å². The second-order valence-electron chi connectivity index (χ2n) is 5.09. The van der Waals surface area contributed by atoms with Crippen molar-refractivity contribution in [1.29, 1.82) is 0 Å². The average molecular weight is 268 g/mol. The molecule has 0 spiro atoms. The van der Waals surface area contributed by atoms with Crippen molar-refractivity contribution in [2.75, 3.05) is 33.2 Å². The lowest BCUT2D eigenvalue weighted by atomic mass is 10.0. The molecule has 2 heterocycles. The highest BCUT2D eigenvalue weighted by molar-refractivity contribution is 6.04. The van der Waals surface area contributed by atoms with Crippen molar-refractivity contribution in [1.82, 2.24) is 14.7 Å². The Kier molecular flexibility index (Phi) is 4.04. The first kappa shape index (κ1) is 13.8. The highest BCUT2D eigenvalue weighted by Crippen LogP contribution is 2.17. The number of hydrogen-bond donors (Lipinski definition) is 1. The average Bonchev–Trinajstić information content (AvgIpc) is 2.65. The van der Waals surface area contributed by atoms with Gasteiger partial charge in [0.15, 0.2) is 0 Å². The van der Waals surface area contributed by atoms with Gasteiger partial charge in [-0.15, -0.1) is 0 Å². The number of carbonyl (C=O) groups excluding carboxylic acids is 3. The number of piperidine rings is 1. The zero-order valence-electron chi connectivity index (χ0n) is 11.2. The number of likely N-dealkylation sites (tertiary alicyclic amines) is 1. The molecule has 0 aromatic carbocycles. The van der Waals surface area contributed by atoms with Gasteiger partial charge in [-0.05, 0) is 19.3 Å². The Bertz CT molecular complexity index is 398. The molecule has 0 aliphatic carbocycles. The van der Waals surface area contributed by atoms with E-state index >= 15 is 0 Å². The molecule has 4 amide bonds. The molecule has 0 unspecified atom stereocenters. The van der Waals surface area contributed by atoms with E-state index in [9.17, 15) is 14.4 Å². The van der Waals surface area contributed by atoms with Gasteiger partial charge in [-0.3, -0.25) is 14.5 Å². The minimum absolute atomic E-state index is 0.0341. The second-order valence-corrected chi connectivity index (χ2v) is 5.09. The van der Waals surface area contributed by atoms with Crippen molar-refractivity contribution >= 4 is 17.8 Å². The van der Waals surface area contributed by atoms with Crippen LogP contribution in [-0.2, 0) is 9.59 Å². The molecule has 7 nitrogen and oxygen atoms in total. The molecule has 1 atom stereocenters. The smallest absolute Gasteiger partial charge is 0.327 e. The highest BCUT2D eigenvalue weighted by Gasteiger charge is 2.36. The van der Waals surface area contributed by atoms with Crippen molar-refractivity contribution in [2.45, 2.75) is 25.3 Å². The Labute approximate surface area is 112 Å². The van der Waals surface area contributed by atoms with E-state index in [1.54, 1.807) is 11.9 Å². The first-order valence-electron chi connectivity index (χ1n) is 6.59. The molecule has 19 heavy (non-hydrogen) atoms. The first-order valence-corrected chi connectivity index (χ1v) is 6.59. The third-order valence-corrected chi connectivity index (χ3v) is 3.74. The van der Waals surface area contributed by atoms with Crippen LogP contribution in [0.2, 0.25) is 0 Å². The van der Waals surface area contributed by atoms with Crippen LogP contribution in [-0.4, -0.2) is 71.8 Å². The number of imide groups is 1. The summed E-state index contributed by atoms with van der Waals surface area (Å²) < 4.78 is 0. The molecule has 0 aromatic heterocycles. The van der Waals surface area contributed by atoms with Crippen LogP contribution in [0.5, 0.6) is 0 Å². The first-order chi connectivity index (χ1) is 9.04. The Morgan fingerprint density at radius 1 is 1.37 bits per heavy atom. The van der Waals surface area contributed by atoms with Gasteiger partial charge in [0.05, 0.1) is 0 Å². The van der Waals surface area contributed by atoms with E-state index in [1.165, 1.54) is 4.90 Å². The van der Waals surface area contributed by atoms with Gasteiger partial charge in [0.25, 0.3) is 5.91 Å². The highest BCUT2D eigenvalue weighted by atomic mass is 16.2. The Balaban J connectivity index is 2.00. The summed E-state index contributed by atoms with van der Waals surface area (Å²) in [6, 6.07) is -0.369. The van der Waals surface area contributed by atoms with E-state index in [-0.39, 0.29) is 30.9 Å². The number of likely N-dealkylation sites (N-methyl/N-ethyl adjacent to an activating group) is 1. The molecular weight excluding hydrogens is 248 g/mol. The van der Waals surface area contributed by atoms with Crippen LogP contribution < -0.4 is 5.73 Å². The molecule has 7 heteroatoms. The van der Waals surface area contributed by atoms with E-state index < -0.39 is 6.03 Å². The Morgan fingerprint density at radius 2 is 2.11 bits per heavy atom. The van der Waals surface area contributed by atoms with Gasteiger partial charge >= 0.3 is 6.03 Å². The number of carbonyl (C=O) groups is 3. The van der Waals surface area contributed by atoms with Crippen LogP contribution in [0.3, 0.4) is 0 Å². The number of amides is 4. The summed E-state index contributed by atoms with van der Waals surface area (Å²) in [6.45, 7) is 0.964. The maximum absolute atomic E-state index is 12.2. The normalized spacial score (nSPS) is 24.3. The maximum atomic E-state index is 12.2. The van der Waals surface area contributed by atoms with Gasteiger partial charge in [0.2, 0.25) is 5.91 Å². The molecular formula is C12H20N4O3. The minimum atomic E-state index is -0.403. The molecule has 106 valence electrons. The van der Waals surface area contributed by atoms with Gasteiger partial charge in [0, 0.05) is 26.2 Å². The Hall–Kier alpha value is -1.63. The van der Waals surface area contributed by atoms with Crippen molar-refractivity contribution < 1.29 is 14.4 Å². The van der Waals surface area contributed by atoms with Crippen LogP contribution in [0.1, 0.15) is 19.3 Å². The quantitative estimate of drug-likeness (QED) is 0.680. The molecule has 2 aliphatic rings. The fourth-order valence-electron chi connectivity index (χ4n) is 2.62. The van der Waals surface area contributed by atoms with E-state index in [2.05, 4.69) is 0 Å². The number of nitrogens with zero attached hydrogens (tertiary/aromatic N) is 3. The predicted octanol–water partition coefficient (Wildman–Crippen LogP) is -0.780. The van der Waals surface area contributed by atoms with E-state index in [0.717, 1.165) is 24.2 Å². The monoisotopic (exact) mass is 268 g/mol. The number of hydrogen-bond acceptors (Lipinski definition) is 4. The van der Waals surface area contributed by atoms with Crippen LogP contribution >= 0.6 is 0 Å². The molecule has 2 rings (SSSR count). The van der Waals surface area contributed by atoms with Gasteiger partial charge in [-0.2, -0.15) is 0 Å². The lowest BCUT2D eigenvalue weighted by Gasteiger charge is -2.35. The summed E-state index contributed by atoms with van der Waals surface area (Å²) in [6.07, 6.45) is 2.91. The molecule has 0 radical (unpaired) electrons. The molecule has 0 bridgehead atoms. The lowest BCUT2D eigenvalue weighted by molar-refractivity contribution is -0.139. The fraction of sp³-hybridized carbons (Fsp3) is 0.750. The number of urea groups is 1. The fourth-order valence-corrected chi connectivity index (χ4v) is 2.62.